The van der Waals surface area contributed by atoms with Gasteiger partial charge < -0.3 is 5.32 Å². The van der Waals surface area contributed by atoms with Gasteiger partial charge in [0.2, 0.25) is 5.91 Å². The molecule has 5 nitrogen and oxygen atoms in total. The van der Waals surface area contributed by atoms with E-state index in [0.717, 1.165) is 18.2 Å². The molecule has 2 heterocycles. The van der Waals surface area contributed by atoms with Gasteiger partial charge in [-0.15, -0.1) is 0 Å². The van der Waals surface area contributed by atoms with E-state index in [-0.39, 0.29) is 11.6 Å². The average molecular weight is 522 g/mol. The van der Waals surface area contributed by atoms with E-state index in [2.05, 4.69) is 10.3 Å². The molecule has 2 amide bonds. The molecular weight excluding hydrogens is 498 g/mol. The number of rotatable bonds is 4. The quantitative estimate of drug-likeness (QED) is 0.388. The van der Waals surface area contributed by atoms with Crippen LogP contribution < -0.4 is 10.2 Å². The minimum Gasteiger partial charge on any atom is -0.322 e. The van der Waals surface area contributed by atoms with E-state index in [1.807, 2.05) is 26.0 Å². The first-order chi connectivity index (χ1) is 18.0. The van der Waals surface area contributed by atoms with Crippen molar-refractivity contribution in [3.63, 3.8) is 0 Å². The van der Waals surface area contributed by atoms with E-state index in [4.69, 9.17) is 0 Å². The maximum Gasteiger partial charge on any atom is 0.417 e. The zero-order chi connectivity index (χ0) is 27.2. The first-order valence-corrected chi connectivity index (χ1v) is 11.9. The van der Waals surface area contributed by atoms with Crippen molar-refractivity contribution in [2.45, 2.75) is 25.9 Å². The summed E-state index contributed by atoms with van der Waals surface area (Å²) in [6, 6.07) is 11.7. The smallest absolute Gasteiger partial charge is 0.322 e. The Hall–Kier alpha value is -4.27. The number of amides is 2. The summed E-state index contributed by atoms with van der Waals surface area (Å²) in [5, 5.41) is 2.42. The number of aromatic nitrogens is 1. The third-order valence-corrected chi connectivity index (χ3v) is 7.04. The van der Waals surface area contributed by atoms with Crippen molar-refractivity contribution in [1.82, 2.24) is 4.98 Å². The molecule has 1 fully saturated rings. The molecule has 2 atom stereocenters. The molecule has 2 unspecified atom stereocenters. The summed E-state index contributed by atoms with van der Waals surface area (Å²) in [5.74, 6) is -2.54. The Morgan fingerprint density at radius 3 is 2.47 bits per heavy atom. The number of nitrogens with one attached hydrogen (secondary N) is 1. The number of pyridine rings is 1. The predicted octanol–water partition coefficient (Wildman–Crippen LogP) is 6.72. The van der Waals surface area contributed by atoms with Crippen molar-refractivity contribution in [2.75, 3.05) is 10.2 Å². The molecule has 1 aromatic heterocycles. The molecule has 0 radical (unpaired) electrons. The fourth-order valence-corrected chi connectivity index (χ4v) is 5.24. The van der Waals surface area contributed by atoms with Gasteiger partial charge in [-0.2, -0.15) is 13.2 Å². The lowest BCUT2D eigenvalue weighted by molar-refractivity contribution is -0.137. The first-order valence-electron chi connectivity index (χ1n) is 11.9. The van der Waals surface area contributed by atoms with Gasteiger partial charge in [-0.1, -0.05) is 32.1 Å². The average Bonchev–Trinajstić information content (AvgIpc) is 3.10. The zero-order valence-corrected chi connectivity index (χ0v) is 20.5. The highest BCUT2D eigenvalue weighted by atomic mass is 19.4. The maximum atomic E-state index is 13.9. The summed E-state index contributed by atoms with van der Waals surface area (Å²) in [4.78, 5) is 32.3. The lowest BCUT2D eigenvalue weighted by Crippen LogP contribution is -2.32. The minimum absolute atomic E-state index is 0.156. The predicted molar refractivity (Wildman–Crippen MR) is 135 cm³/mol. The summed E-state index contributed by atoms with van der Waals surface area (Å²) in [6.07, 6.45) is 3.84. The normalized spacial score (nSPS) is 20.2. The molecule has 0 saturated carbocycles. The number of hydrogen-bond acceptors (Lipinski definition) is 3. The monoisotopic (exact) mass is 521 g/mol. The van der Waals surface area contributed by atoms with Crippen LogP contribution in [0.5, 0.6) is 0 Å². The van der Waals surface area contributed by atoms with E-state index in [9.17, 15) is 27.2 Å². The SMILES string of the molecule is CC1(C)C(=O)N(c2cccnc2)C2=CC=CC(c3ccc(C(F)(F)F)c(C(=O)Nc4ccc(F)cc4)c3)C21. The second-order valence-corrected chi connectivity index (χ2v) is 9.82. The van der Waals surface area contributed by atoms with E-state index in [1.54, 1.807) is 35.5 Å². The van der Waals surface area contributed by atoms with Crippen LogP contribution in [0.4, 0.5) is 28.9 Å². The molecule has 1 aliphatic carbocycles. The lowest BCUT2D eigenvalue weighted by Gasteiger charge is -2.33. The standard InChI is InChI=1S/C29H23F4N3O2/c1-28(2)25-21(6-3-7-24(25)36(27(28)38)20-5-4-14-34-16-20)17-8-13-23(29(31,32)33)22(15-17)26(37)35-19-11-9-18(30)10-12-19/h3-16,21,25H,1-2H3,(H,35,37). The van der Waals surface area contributed by atoms with Crippen molar-refractivity contribution < 1.29 is 27.2 Å². The van der Waals surface area contributed by atoms with Crippen molar-refractivity contribution in [1.29, 1.82) is 0 Å². The number of fused-ring (bicyclic) bond motifs is 1. The van der Waals surface area contributed by atoms with Crippen LogP contribution in [0.3, 0.4) is 0 Å². The number of benzene rings is 2. The summed E-state index contributed by atoms with van der Waals surface area (Å²) in [7, 11) is 0. The lowest BCUT2D eigenvalue weighted by atomic mass is 9.68. The topological polar surface area (TPSA) is 62.3 Å². The van der Waals surface area contributed by atoms with Gasteiger partial charge in [-0.05, 0) is 60.2 Å². The number of alkyl halides is 3. The van der Waals surface area contributed by atoms with E-state index >= 15 is 0 Å². The van der Waals surface area contributed by atoms with E-state index in [0.29, 0.717) is 16.9 Å². The largest absolute Gasteiger partial charge is 0.417 e. The molecule has 0 spiro atoms. The highest BCUT2D eigenvalue weighted by Crippen LogP contribution is 2.54. The van der Waals surface area contributed by atoms with Crippen LogP contribution in [-0.2, 0) is 11.0 Å². The van der Waals surface area contributed by atoms with Gasteiger partial charge in [0, 0.05) is 29.4 Å². The minimum atomic E-state index is -4.78. The number of nitrogens with zero attached hydrogens (tertiary/aromatic N) is 2. The van der Waals surface area contributed by atoms with Gasteiger partial charge in [0.05, 0.1) is 28.4 Å². The molecule has 194 valence electrons. The molecule has 0 bridgehead atoms. The van der Waals surface area contributed by atoms with Crippen LogP contribution in [0.25, 0.3) is 0 Å². The van der Waals surface area contributed by atoms with Crippen molar-refractivity contribution in [3.05, 3.63) is 113 Å². The molecular formula is C29H23F4N3O2. The van der Waals surface area contributed by atoms with Gasteiger partial charge in [-0.3, -0.25) is 19.5 Å². The Kier molecular flexibility index (Phi) is 6.17. The number of halogens is 4. The van der Waals surface area contributed by atoms with Crippen LogP contribution in [0.2, 0.25) is 0 Å². The van der Waals surface area contributed by atoms with Crippen LogP contribution in [0.15, 0.2) is 90.9 Å². The number of carbonyl (C=O) groups is 2. The molecule has 5 rings (SSSR count). The van der Waals surface area contributed by atoms with E-state index in [1.165, 1.54) is 24.3 Å². The van der Waals surface area contributed by atoms with Gasteiger partial charge in [-0.25, -0.2) is 4.39 Å². The Morgan fingerprint density at radius 2 is 1.82 bits per heavy atom. The Balaban J connectivity index is 1.55. The van der Waals surface area contributed by atoms with Gasteiger partial charge in [0.25, 0.3) is 5.91 Å². The number of anilines is 2. The van der Waals surface area contributed by atoms with E-state index < -0.39 is 46.3 Å². The second-order valence-electron chi connectivity index (χ2n) is 9.82. The molecule has 1 saturated heterocycles. The fraction of sp³-hybridized carbons (Fsp3) is 0.207. The summed E-state index contributed by atoms with van der Waals surface area (Å²) < 4.78 is 54.9. The molecule has 3 aromatic rings. The van der Waals surface area contributed by atoms with Crippen molar-refractivity contribution >= 4 is 23.2 Å². The zero-order valence-electron chi connectivity index (χ0n) is 20.5. The highest BCUT2D eigenvalue weighted by Gasteiger charge is 2.54. The third kappa shape index (κ3) is 4.38. The first kappa shape index (κ1) is 25.4. The van der Waals surface area contributed by atoms with Gasteiger partial charge >= 0.3 is 6.18 Å². The number of hydrogen-bond donors (Lipinski definition) is 1. The van der Waals surface area contributed by atoms with Gasteiger partial charge in [0.15, 0.2) is 0 Å². The van der Waals surface area contributed by atoms with Crippen LogP contribution in [-0.4, -0.2) is 16.8 Å². The third-order valence-electron chi connectivity index (χ3n) is 7.04. The van der Waals surface area contributed by atoms with Crippen LogP contribution in [0.1, 0.15) is 41.3 Å². The Morgan fingerprint density at radius 1 is 1.08 bits per heavy atom. The van der Waals surface area contributed by atoms with Crippen LogP contribution in [0, 0.1) is 17.2 Å². The summed E-state index contributed by atoms with van der Waals surface area (Å²) in [6.45, 7) is 3.62. The molecule has 2 aliphatic rings. The fourth-order valence-electron chi connectivity index (χ4n) is 5.24. The Labute approximate surface area is 216 Å². The molecule has 38 heavy (non-hydrogen) atoms. The summed E-state index contributed by atoms with van der Waals surface area (Å²) >= 11 is 0. The molecule has 1 N–H and O–H groups in total. The summed E-state index contributed by atoms with van der Waals surface area (Å²) in [5.41, 5.74) is -0.616. The van der Waals surface area contributed by atoms with Crippen LogP contribution >= 0.6 is 0 Å². The highest BCUT2D eigenvalue weighted by molar-refractivity contribution is 6.06. The second kappa shape index (κ2) is 9.24. The molecule has 1 aliphatic heterocycles. The maximum absolute atomic E-state index is 13.9. The Bertz CT molecular complexity index is 1460. The van der Waals surface area contributed by atoms with Crippen molar-refractivity contribution in [3.8, 4) is 0 Å². The molecule has 9 heteroatoms. The number of carbonyl (C=O) groups excluding carboxylic acids is 2. The number of allylic oxidation sites excluding steroid dienone is 4. The molecule has 2 aromatic carbocycles. The van der Waals surface area contributed by atoms with Crippen molar-refractivity contribution in [2.24, 2.45) is 11.3 Å². The van der Waals surface area contributed by atoms with Gasteiger partial charge in [0.1, 0.15) is 5.82 Å².